The van der Waals surface area contributed by atoms with E-state index in [-0.39, 0.29) is 6.61 Å². The molecule has 2 aromatic rings. The molecule has 0 unspecified atom stereocenters. The van der Waals surface area contributed by atoms with Gasteiger partial charge in [-0.3, -0.25) is 9.36 Å². The first-order valence-corrected chi connectivity index (χ1v) is 5.99. The summed E-state index contributed by atoms with van der Waals surface area (Å²) in [5.74, 6) is 0.853. The van der Waals surface area contributed by atoms with Crippen molar-refractivity contribution in [3.8, 4) is 0 Å². The first-order chi connectivity index (χ1) is 8.61. The second kappa shape index (κ2) is 5.22. The fraction of sp³-hybridized carbons (Fsp3) is 0.500. The van der Waals surface area contributed by atoms with E-state index in [0.717, 1.165) is 22.8 Å². The highest BCUT2D eigenvalue weighted by Crippen LogP contribution is 2.14. The van der Waals surface area contributed by atoms with Gasteiger partial charge in [-0.05, 0) is 13.8 Å². The van der Waals surface area contributed by atoms with Crippen molar-refractivity contribution < 1.29 is 5.11 Å². The Bertz CT molecular complexity index is 529. The fourth-order valence-electron chi connectivity index (χ4n) is 1.99. The Morgan fingerprint density at radius 1 is 1.33 bits per heavy atom. The molecule has 0 saturated heterocycles. The second-order valence-electron chi connectivity index (χ2n) is 4.32. The zero-order chi connectivity index (χ0) is 13.1. The minimum absolute atomic E-state index is 0.106. The van der Waals surface area contributed by atoms with Gasteiger partial charge in [-0.15, -0.1) is 0 Å². The summed E-state index contributed by atoms with van der Waals surface area (Å²) in [7, 11) is 1.89. The number of rotatable bonds is 5. The number of nitrogens with one attached hydrogen (secondary N) is 1. The van der Waals surface area contributed by atoms with E-state index in [4.69, 9.17) is 5.11 Å². The van der Waals surface area contributed by atoms with E-state index in [1.807, 2.05) is 37.8 Å². The van der Waals surface area contributed by atoms with Crippen LogP contribution in [-0.2, 0) is 20.1 Å². The van der Waals surface area contributed by atoms with E-state index < -0.39 is 0 Å². The SMILES string of the molecule is Cc1nn(CCO)c(C)c1CNc1ccn(C)n1. The maximum atomic E-state index is 8.97. The first kappa shape index (κ1) is 12.6. The van der Waals surface area contributed by atoms with Crippen molar-refractivity contribution in [2.45, 2.75) is 26.9 Å². The maximum Gasteiger partial charge on any atom is 0.148 e. The molecule has 0 bridgehead atoms. The van der Waals surface area contributed by atoms with Gasteiger partial charge in [-0.1, -0.05) is 0 Å². The van der Waals surface area contributed by atoms with Crippen LogP contribution < -0.4 is 5.32 Å². The third-order valence-electron chi connectivity index (χ3n) is 3.00. The van der Waals surface area contributed by atoms with Gasteiger partial charge in [-0.2, -0.15) is 10.2 Å². The van der Waals surface area contributed by atoms with E-state index in [1.54, 1.807) is 4.68 Å². The van der Waals surface area contributed by atoms with Gasteiger partial charge in [0, 0.05) is 37.1 Å². The van der Waals surface area contributed by atoms with Gasteiger partial charge in [0.15, 0.2) is 0 Å². The van der Waals surface area contributed by atoms with Crippen LogP contribution in [0.5, 0.6) is 0 Å². The number of nitrogens with zero attached hydrogens (tertiary/aromatic N) is 4. The lowest BCUT2D eigenvalue weighted by Crippen LogP contribution is -2.07. The van der Waals surface area contributed by atoms with E-state index in [9.17, 15) is 0 Å². The molecule has 2 heterocycles. The zero-order valence-corrected chi connectivity index (χ0v) is 11.0. The molecule has 0 aliphatic rings. The van der Waals surface area contributed by atoms with E-state index in [1.165, 1.54) is 0 Å². The Morgan fingerprint density at radius 3 is 2.72 bits per heavy atom. The second-order valence-corrected chi connectivity index (χ2v) is 4.32. The molecule has 2 N–H and O–H groups in total. The zero-order valence-electron chi connectivity index (χ0n) is 11.0. The van der Waals surface area contributed by atoms with Crippen molar-refractivity contribution in [3.63, 3.8) is 0 Å². The minimum Gasteiger partial charge on any atom is -0.394 e. The summed E-state index contributed by atoms with van der Waals surface area (Å²) in [6.07, 6.45) is 1.90. The van der Waals surface area contributed by atoms with Crippen LogP contribution in [0.1, 0.15) is 17.0 Å². The number of hydrogen-bond acceptors (Lipinski definition) is 4. The van der Waals surface area contributed by atoms with Crippen molar-refractivity contribution in [2.75, 3.05) is 11.9 Å². The largest absolute Gasteiger partial charge is 0.394 e. The number of aliphatic hydroxyl groups is 1. The number of hydrogen-bond donors (Lipinski definition) is 2. The summed E-state index contributed by atoms with van der Waals surface area (Å²) in [6.45, 7) is 5.34. The third-order valence-corrected chi connectivity index (χ3v) is 3.00. The van der Waals surface area contributed by atoms with Gasteiger partial charge in [0.05, 0.1) is 18.8 Å². The molecule has 0 aliphatic carbocycles. The van der Waals surface area contributed by atoms with Gasteiger partial charge in [0.25, 0.3) is 0 Å². The summed E-state index contributed by atoms with van der Waals surface area (Å²) >= 11 is 0. The van der Waals surface area contributed by atoms with Crippen LogP contribution in [-0.4, -0.2) is 31.3 Å². The Hall–Kier alpha value is -1.82. The predicted octanol–water partition coefficient (Wildman–Crippen LogP) is 0.838. The highest BCUT2D eigenvalue weighted by molar-refractivity contribution is 5.36. The van der Waals surface area contributed by atoms with Gasteiger partial charge in [0.2, 0.25) is 0 Å². The van der Waals surface area contributed by atoms with Crippen molar-refractivity contribution in [1.82, 2.24) is 19.6 Å². The predicted molar refractivity (Wildman–Crippen MR) is 69.3 cm³/mol. The molecular weight excluding hydrogens is 230 g/mol. The lowest BCUT2D eigenvalue weighted by molar-refractivity contribution is 0.268. The Kier molecular flexibility index (Phi) is 3.66. The lowest BCUT2D eigenvalue weighted by atomic mass is 10.2. The molecule has 0 aliphatic heterocycles. The highest BCUT2D eigenvalue weighted by atomic mass is 16.3. The van der Waals surface area contributed by atoms with Crippen molar-refractivity contribution in [1.29, 1.82) is 0 Å². The third kappa shape index (κ3) is 2.53. The molecule has 0 saturated carbocycles. The van der Waals surface area contributed by atoms with Crippen LogP contribution in [0.25, 0.3) is 0 Å². The van der Waals surface area contributed by atoms with Gasteiger partial charge in [-0.25, -0.2) is 0 Å². The molecule has 0 amide bonds. The molecule has 0 spiro atoms. The average molecular weight is 249 g/mol. The molecule has 6 nitrogen and oxygen atoms in total. The average Bonchev–Trinajstić information content (AvgIpc) is 2.84. The van der Waals surface area contributed by atoms with Crippen LogP contribution in [0.4, 0.5) is 5.82 Å². The summed E-state index contributed by atoms with van der Waals surface area (Å²) in [4.78, 5) is 0. The van der Waals surface area contributed by atoms with Crippen LogP contribution in [0.3, 0.4) is 0 Å². The van der Waals surface area contributed by atoms with E-state index in [2.05, 4.69) is 15.5 Å². The summed E-state index contributed by atoms with van der Waals surface area (Å²) in [6, 6.07) is 1.93. The van der Waals surface area contributed by atoms with Crippen LogP contribution >= 0.6 is 0 Å². The number of anilines is 1. The van der Waals surface area contributed by atoms with Crippen molar-refractivity contribution in [3.05, 3.63) is 29.2 Å². The topological polar surface area (TPSA) is 67.9 Å². The minimum atomic E-state index is 0.106. The molecule has 0 fully saturated rings. The molecule has 0 radical (unpaired) electrons. The van der Waals surface area contributed by atoms with Gasteiger partial charge in [0.1, 0.15) is 5.82 Å². The fourth-order valence-corrected chi connectivity index (χ4v) is 1.99. The molecule has 2 rings (SSSR count). The Labute approximate surface area is 106 Å². The van der Waals surface area contributed by atoms with Crippen molar-refractivity contribution in [2.24, 2.45) is 7.05 Å². The maximum absolute atomic E-state index is 8.97. The van der Waals surface area contributed by atoms with Crippen LogP contribution in [0.2, 0.25) is 0 Å². The van der Waals surface area contributed by atoms with Crippen molar-refractivity contribution >= 4 is 5.82 Å². The molecule has 0 aromatic carbocycles. The Balaban J connectivity index is 2.09. The van der Waals surface area contributed by atoms with Gasteiger partial charge < -0.3 is 10.4 Å². The van der Waals surface area contributed by atoms with Crippen LogP contribution in [0.15, 0.2) is 12.3 Å². The smallest absolute Gasteiger partial charge is 0.148 e. The van der Waals surface area contributed by atoms with Crippen LogP contribution in [0, 0.1) is 13.8 Å². The number of aromatic nitrogens is 4. The number of aryl methyl sites for hydroxylation is 2. The number of aliphatic hydroxyl groups excluding tert-OH is 1. The normalized spacial score (nSPS) is 10.9. The first-order valence-electron chi connectivity index (χ1n) is 5.99. The summed E-state index contributed by atoms with van der Waals surface area (Å²) < 4.78 is 3.60. The molecule has 6 heteroatoms. The Morgan fingerprint density at radius 2 is 2.11 bits per heavy atom. The molecule has 18 heavy (non-hydrogen) atoms. The summed E-state index contributed by atoms with van der Waals surface area (Å²) in [5.41, 5.74) is 3.24. The molecule has 98 valence electrons. The quantitative estimate of drug-likeness (QED) is 0.824. The highest BCUT2D eigenvalue weighted by Gasteiger charge is 2.11. The summed E-state index contributed by atoms with van der Waals surface area (Å²) in [5, 5.41) is 20.9. The molecule has 2 aromatic heterocycles. The lowest BCUT2D eigenvalue weighted by Gasteiger charge is -2.05. The molecular formula is C12H19N5O. The van der Waals surface area contributed by atoms with E-state index in [0.29, 0.717) is 13.1 Å². The molecule has 0 atom stereocenters. The monoisotopic (exact) mass is 249 g/mol. The van der Waals surface area contributed by atoms with E-state index >= 15 is 0 Å². The van der Waals surface area contributed by atoms with Gasteiger partial charge >= 0.3 is 0 Å². The standard InChI is InChI=1S/C12H19N5O/c1-9-11(10(2)17(14-9)6-7-18)8-13-12-4-5-16(3)15-12/h4-5,18H,6-8H2,1-3H3,(H,13,15).